The largest absolute Gasteiger partial charge is 0.486 e. The van der Waals surface area contributed by atoms with Crippen LogP contribution in [-0.2, 0) is 6.42 Å². The Balaban J connectivity index is 1.76. The van der Waals surface area contributed by atoms with Crippen LogP contribution in [0.15, 0.2) is 42.5 Å². The second-order valence-electron chi connectivity index (χ2n) is 4.70. The van der Waals surface area contributed by atoms with Crippen LogP contribution < -0.4 is 9.47 Å². The molecular formula is C16H14ClFO2. The first-order valence-electron chi connectivity index (χ1n) is 6.50. The van der Waals surface area contributed by atoms with E-state index in [4.69, 9.17) is 21.1 Å². The van der Waals surface area contributed by atoms with E-state index in [2.05, 4.69) is 0 Å². The lowest BCUT2D eigenvalue weighted by Crippen LogP contribution is -2.15. The van der Waals surface area contributed by atoms with Gasteiger partial charge in [0, 0.05) is 0 Å². The second-order valence-corrected chi connectivity index (χ2v) is 5.23. The van der Waals surface area contributed by atoms with Crippen LogP contribution >= 0.6 is 11.6 Å². The average Bonchev–Trinajstić information content (AvgIpc) is 2.49. The molecule has 0 spiro atoms. The van der Waals surface area contributed by atoms with Gasteiger partial charge in [-0.1, -0.05) is 18.2 Å². The van der Waals surface area contributed by atoms with E-state index in [1.807, 2.05) is 18.2 Å². The van der Waals surface area contributed by atoms with E-state index in [9.17, 15) is 4.39 Å². The molecule has 1 aliphatic heterocycles. The van der Waals surface area contributed by atoms with Crippen LogP contribution in [0.1, 0.15) is 16.5 Å². The van der Waals surface area contributed by atoms with Crippen molar-refractivity contribution in [2.24, 2.45) is 0 Å². The van der Waals surface area contributed by atoms with Crippen LogP contribution in [-0.4, -0.2) is 13.2 Å². The molecule has 2 nitrogen and oxygen atoms in total. The van der Waals surface area contributed by atoms with Crippen molar-refractivity contribution in [3.63, 3.8) is 0 Å². The quantitative estimate of drug-likeness (QED) is 0.792. The number of hydrogen-bond donors (Lipinski definition) is 0. The lowest BCUT2D eigenvalue weighted by atomic mass is 10.0. The highest BCUT2D eigenvalue weighted by molar-refractivity contribution is 6.21. The summed E-state index contributed by atoms with van der Waals surface area (Å²) in [6, 6.07) is 12.1. The molecule has 0 bridgehead atoms. The summed E-state index contributed by atoms with van der Waals surface area (Å²) in [4.78, 5) is 0. The van der Waals surface area contributed by atoms with Crippen molar-refractivity contribution < 1.29 is 13.9 Å². The van der Waals surface area contributed by atoms with E-state index in [1.54, 1.807) is 12.1 Å². The van der Waals surface area contributed by atoms with Crippen LogP contribution in [0.2, 0.25) is 0 Å². The molecular weight excluding hydrogens is 279 g/mol. The fourth-order valence-corrected chi connectivity index (χ4v) is 2.51. The van der Waals surface area contributed by atoms with Crippen LogP contribution in [0.5, 0.6) is 11.5 Å². The Morgan fingerprint density at radius 2 is 1.70 bits per heavy atom. The van der Waals surface area contributed by atoms with Gasteiger partial charge in [-0.05, 0) is 41.8 Å². The van der Waals surface area contributed by atoms with Crippen molar-refractivity contribution >= 4 is 11.6 Å². The predicted octanol–water partition coefficient (Wildman–Crippen LogP) is 4.12. The van der Waals surface area contributed by atoms with Crippen LogP contribution in [0.4, 0.5) is 4.39 Å². The molecule has 3 rings (SSSR count). The molecule has 0 fully saturated rings. The average molecular weight is 293 g/mol. The molecule has 1 atom stereocenters. The second kappa shape index (κ2) is 5.71. The van der Waals surface area contributed by atoms with Crippen molar-refractivity contribution in [3.8, 4) is 11.5 Å². The van der Waals surface area contributed by atoms with E-state index >= 15 is 0 Å². The van der Waals surface area contributed by atoms with Crippen molar-refractivity contribution in [2.45, 2.75) is 11.8 Å². The van der Waals surface area contributed by atoms with Crippen LogP contribution in [0.3, 0.4) is 0 Å². The highest BCUT2D eigenvalue weighted by Gasteiger charge is 2.15. The molecule has 0 aliphatic carbocycles. The zero-order valence-corrected chi connectivity index (χ0v) is 11.6. The monoisotopic (exact) mass is 292 g/mol. The molecule has 0 aromatic heterocycles. The molecule has 0 N–H and O–H groups in total. The maximum atomic E-state index is 12.9. The lowest BCUT2D eigenvalue weighted by Gasteiger charge is -2.20. The van der Waals surface area contributed by atoms with Gasteiger partial charge in [0.15, 0.2) is 11.5 Å². The molecule has 1 aliphatic rings. The fraction of sp³-hybridized carbons (Fsp3) is 0.250. The maximum absolute atomic E-state index is 12.9. The molecule has 4 heteroatoms. The van der Waals surface area contributed by atoms with Crippen LogP contribution in [0, 0.1) is 5.82 Å². The van der Waals surface area contributed by atoms with Crippen molar-refractivity contribution in [2.75, 3.05) is 13.2 Å². The summed E-state index contributed by atoms with van der Waals surface area (Å²) < 4.78 is 23.9. The number of halogens is 2. The molecule has 0 saturated carbocycles. The fourth-order valence-electron chi connectivity index (χ4n) is 2.20. The summed E-state index contributed by atoms with van der Waals surface area (Å²) >= 11 is 6.43. The minimum absolute atomic E-state index is 0.184. The normalized spacial score (nSPS) is 14.9. The smallest absolute Gasteiger partial charge is 0.161 e. The first kappa shape index (κ1) is 13.3. The number of fused-ring (bicyclic) bond motifs is 1. The Hall–Kier alpha value is -1.74. The Morgan fingerprint density at radius 1 is 1.00 bits per heavy atom. The highest BCUT2D eigenvalue weighted by Crippen LogP contribution is 2.35. The van der Waals surface area contributed by atoms with Crippen molar-refractivity contribution in [1.82, 2.24) is 0 Å². The summed E-state index contributed by atoms with van der Waals surface area (Å²) in [5.41, 5.74) is 1.97. The third-order valence-corrected chi connectivity index (χ3v) is 3.66. The summed E-state index contributed by atoms with van der Waals surface area (Å²) in [5.74, 6) is 1.25. The van der Waals surface area contributed by atoms with Gasteiger partial charge in [0.05, 0.1) is 5.38 Å². The number of hydrogen-bond acceptors (Lipinski definition) is 2. The third-order valence-electron chi connectivity index (χ3n) is 3.26. The zero-order chi connectivity index (χ0) is 13.9. The van der Waals surface area contributed by atoms with Gasteiger partial charge < -0.3 is 9.47 Å². The Labute approximate surface area is 122 Å². The SMILES string of the molecule is Fc1ccc(CC(Cl)c2ccc3c(c2)OCCO3)cc1. The summed E-state index contributed by atoms with van der Waals surface area (Å²) in [5, 5.41) is -0.184. The first-order valence-corrected chi connectivity index (χ1v) is 6.94. The molecule has 0 amide bonds. The van der Waals surface area contributed by atoms with Crippen molar-refractivity contribution in [1.29, 1.82) is 0 Å². The van der Waals surface area contributed by atoms with Gasteiger partial charge in [0.25, 0.3) is 0 Å². The predicted molar refractivity (Wildman–Crippen MR) is 76.1 cm³/mol. The molecule has 2 aromatic rings. The standard InChI is InChI=1S/C16H14ClFO2/c17-14(9-11-1-4-13(18)5-2-11)12-3-6-15-16(10-12)20-8-7-19-15/h1-6,10,14H,7-9H2. The number of alkyl halides is 1. The summed E-state index contributed by atoms with van der Waals surface area (Å²) in [7, 11) is 0. The molecule has 0 saturated heterocycles. The van der Waals surface area contributed by atoms with Gasteiger partial charge >= 0.3 is 0 Å². The summed E-state index contributed by atoms with van der Waals surface area (Å²) in [6.07, 6.45) is 0.640. The lowest BCUT2D eigenvalue weighted by molar-refractivity contribution is 0.171. The van der Waals surface area contributed by atoms with Gasteiger partial charge in [-0.15, -0.1) is 11.6 Å². The van der Waals surface area contributed by atoms with Gasteiger partial charge in [0.1, 0.15) is 19.0 Å². The van der Waals surface area contributed by atoms with Gasteiger partial charge in [0.2, 0.25) is 0 Å². The third kappa shape index (κ3) is 2.88. The minimum atomic E-state index is -0.237. The van der Waals surface area contributed by atoms with E-state index in [1.165, 1.54) is 12.1 Å². The van der Waals surface area contributed by atoms with Crippen molar-refractivity contribution in [3.05, 3.63) is 59.4 Å². The number of rotatable bonds is 3. The Morgan fingerprint density at radius 3 is 2.45 bits per heavy atom. The Kier molecular flexibility index (Phi) is 3.79. The molecule has 2 aromatic carbocycles. The molecule has 20 heavy (non-hydrogen) atoms. The maximum Gasteiger partial charge on any atom is 0.161 e. The topological polar surface area (TPSA) is 18.5 Å². The highest BCUT2D eigenvalue weighted by atomic mass is 35.5. The molecule has 0 radical (unpaired) electrons. The molecule has 1 heterocycles. The number of ether oxygens (including phenoxy) is 2. The van der Waals surface area contributed by atoms with Gasteiger partial charge in [-0.3, -0.25) is 0 Å². The van der Waals surface area contributed by atoms with E-state index in [0.29, 0.717) is 19.6 Å². The molecule has 104 valence electrons. The van der Waals surface area contributed by atoms with E-state index < -0.39 is 0 Å². The molecule has 1 unspecified atom stereocenters. The minimum Gasteiger partial charge on any atom is -0.486 e. The van der Waals surface area contributed by atoms with E-state index in [-0.39, 0.29) is 11.2 Å². The van der Waals surface area contributed by atoms with Gasteiger partial charge in [-0.2, -0.15) is 0 Å². The summed E-state index contributed by atoms with van der Waals surface area (Å²) in [6.45, 7) is 1.13. The van der Waals surface area contributed by atoms with Gasteiger partial charge in [-0.25, -0.2) is 4.39 Å². The zero-order valence-electron chi connectivity index (χ0n) is 10.8. The first-order chi connectivity index (χ1) is 9.72. The Bertz CT molecular complexity index is 598. The number of benzene rings is 2. The van der Waals surface area contributed by atoms with Crippen LogP contribution in [0.25, 0.3) is 0 Å². The van der Waals surface area contributed by atoms with E-state index in [0.717, 1.165) is 22.6 Å².